The van der Waals surface area contributed by atoms with Crippen molar-refractivity contribution >= 4 is 23.2 Å². The van der Waals surface area contributed by atoms with Gasteiger partial charge < -0.3 is 14.8 Å². The minimum Gasteiger partial charge on any atom is -0.494 e. The highest BCUT2D eigenvalue weighted by atomic mass is 32.1. The van der Waals surface area contributed by atoms with Crippen molar-refractivity contribution in [2.24, 2.45) is 0 Å². The quantitative estimate of drug-likeness (QED) is 0.383. The molecule has 0 radical (unpaired) electrons. The summed E-state index contributed by atoms with van der Waals surface area (Å²) in [6.07, 6.45) is 1.45. The summed E-state index contributed by atoms with van der Waals surface area (Å²) >= 11 is 5.05. The van der Waals surface area contributed by atoms with E-state index in [1.807, 2.05) is 6.92 Å². The fourth-order valence-electron chi connectivity index (χ4n) is 1.68. The minimum atomic E-state index is -0.654. The Morgan fingerprint density at radius 2 is 1.83 bits per heavy atom. The van der Waals surface area contributed by atoms with Crippen LogP contribution in [0.1, 0.15) is 33.6 Å². The van der Waals surface area contributed by atoms with E-state index in [0.29, 0.717) is 17.5 Å². The molecule has 0 aliphatic rings. The van der Waals surface area contributed by atoms with Crippen LogP contribution >= 0.6 is 12.2 Å². The van der Waals surface area contributed by atoms with Crippen LogP contribution in [-0.2, 0) is 4.79 Å². The highest BCUT2D eigenvalue weighted by molar-refractivity contribution is 7.80. The number of unbranched alkanes of at least 4 members (excludes halogenated alkanes) is 1. The van der Waals surface area contributed by atoms with Crippen LogP contribution in [0, 0.1) is 0 Å². The fraction of sp³-hybridized carbons (Fsp3) is 0.500. The topological polar surface area (TPSA) is 71.6 Å². The van der Waals surface area contributed by atoms with Crippen molar-refractivity contribution in [3.63, 3.8) is 0 Å². The maximum atomic E-state index is 11.9. The first-order valence-electron chi connectivity index (χ1n) is 7.80. The number of hydrogen-bond acceptors (Lipinski definition) is 4. The summed E-state index contributed by atoms with van der Waals surface area (Å²) in [4.78, 5) is 11.9. The second kappa shape index (κ2) is 10.7. The highest BCUT2D eigenvalue weighted by Crippen LogP contribution is 2.18. The van der Waals surface area contributed by atoms with Crippen LogP contribution in [0.25, 0.3) is 0 Å². The molecule has 0 bridgehead atoms. The Hall–Kier alpha value is -2.02. The van der Waals surface area contributed by atoms with Crippen LogP contribution in [-0.4, -0.2) is 30.3 Å². The molecule has 23 heavy (non-hydrogen) atoms. The zero-order chi connectivity index (χ0) is 17.1. The van der Waals surface area contributed by atoms with Crippen molar-refractivity contribution in [3.8, 4) is 11.5 Å². The lowest BCUT2D eigenvalue weighted by atomic mass is 10.3. The summed E-state index contributed by atoms with van der Waals surface area (Å²) in [5.74, 6) is 1.06. The molecule has 0 aromatic heterocycles. The van der Waals surface area contributed by atoms with Crippen LogP contribution in [0.2, 0.25) is 0 Å². The number of benzene rings is 1. The number of hydrogen-bond donors (Lipinski definition) is 3. The molecule has 0 aliphatic heterocycles. The fourth-order valence-corrected chi connectivity index (χ4v) is 1.83. The molecule has 0 fully saturated rings. The zero-order valence-electron chi connectivity index (χ0n) is 13.8. The molecule has 0 unspecified atom stereocenters. The summed E-state index contributed by atoms with van der Waals surface area (Å²) in [5.41, 5.74) is 5.17. The first-order chi connectivity index (χ1) is 11.1. The summed E-state index contributed by atoms with van der Waals surface area (Å²) in [6, 6.07) is 7.13. The number of ether oxygens (including phenoxy) is 2. The molecule has 0 spiro atoms. The van der Waals surface area contributed by atoms with E-state index in [9.17, 15) is 4.79 Å². The molecule has 0 heterocycles. The maximum absolute atomic E-state index is 11.9. The van der Waals surface area contributed by atoms with Gasteiger partial charge in [0.25, 0.3) is 5.91 Å². The highest BCUT2D eigenvalue weighted by Gasteiger charge is 2.14. The number of carbonyl (C=O) groups is 1. The van der Waals surface area contributed by atoms with Crippen molar-refractivity contribution in [2.45, 2.75) is 39.7 Å². The van der Waals surface area contributed by atoms with Gasteiger partial charge in [0, 0.05) is 6.54 Å². The van der Waals surface area contributed by atoms with Crippen molar-refractivity contribution in [1.82, 2.24) is 16.2 Å². The summed E-state index contributed by atoms with van der Waals surface area (Å²) in [7, 11) is 0. The summed E-state index contributed by atoms with van der Waals surface area (Å²) in [5, 5.41) is 3.39. The SMILES string of the molecule is CCCCNC(=S)NNC(=O)[C@@H](C)Oc1ccc(OCC)cc1. The van der Waals surface area contributed by atoms with Gasteiger partial charge in [-0.05, 0) is 56.8 Å². The summed E-state index contributed by atoms with van der Waals surface area (Å²) < 4.78 is 10.9. The third-order valence-electron chi connectivity index (χ3n) is 2.93. The molecule has 0 saturated heterocycles. The van der Waals surface area contributed by atoms with Crippen molar-refractivity contribution in [2.75, 3.05) is 13.2 Å². The van der Waals surface area contributed by atoms with Crippen molar-refractivity contribution in [3.05, 3.63) is 24.3 Å². The van der Waals surface area contributed by atoms with Gasteiger partial charge in [-0.3, -0.25) is 15.6 Å². The molecule has 0 saturated carbocycles. The Labute approximate surface area is 142 Å². The van der Waals surface area contributed by atoms with E-state index in [4.69, 9.17) is 21.7 Å². The molecular weight excluding hydrogens is 314 g/mol. The van der Waals surface area contributed by atoms with Gasteiger partial charge in [0.2, 0.25) is 0 Å². The maximum Gasteiger partial charge on any atom is 0.279 e. The van der Waals surface area contributed by atoms with Crippen molar-refractivity contribution in [1.29, 1.82) is 0 Å². The van der Waals surface area contributed by atoms with Gasteiger partial charge in [-0.15, -0.1) is 0 Å². The lowest BCUT2D eigenvalue weighted by molar-refractivity contribution is -0.127. The molecule has 1 amide bonds. The Morgan fingerprint density at radius 1 is 1.17 bits per heavy atom. The number of nitrogens with one attached hydrogen (secondary N) is 3. The molecule has 0 aliphatic carbocycles. The largest absolute Gasteiger partial charge is 0.494 e. The van der Waals surface area contributed by atoms with E-state index in [1.165, 1.54) is 0 Å². The van der Waals surface area contributed by atoms with E-state index < -0.39 is 6.10 Å². The molecule has 1 rings (SSSR count). The molecule has 128 valence electrons. The monoisotopic (exact) mass is 339 g/mol. The second-order valence-corrected chi connectivity index (χ2v) is 5.30. The molecule has 1 aromatic rings. The molecule has 7 heteroatoms. The van der Waals surface area contributed by atoms with E-state index >= 15 is 0 Å². The van der Waals surface area contributed by atoms with Crippen LogP contribution in [0.5, 0.6) is 11.5 Å². The van der Waals surface area contributed by atoms with Crippen LogP contribution in [0.4, 0.5) is 0 Å². The predicted molar refractivity (Wildman–Crippen MR) is 94.5 cm³/mol. The first kappa shape index (κ1) is 19.0. The van der Waals surface area contributed by atoms with Gasteiger partial charge in [-0.2, -0.15) is 0 Å². The second-order valence-electron chi connectivity index (χ2n) is 4.89. The zero-order valence-corrected chi connectivity index (χ0v) is 14.7. The van der Waals surface area contributed by atoms with Crippen LogP contribution < -0.4 is 25.6 Å². The smallest absolute Gasteiger partial charge is 0.279 e. The Balaban J connectivity index is 2.34. The number of amides is 1. The molecule has 6 nitrogen and oxygen atoms in total. The number of thiocarbonyl (C=S) groups is 1. The van der Waals surface area contributed by atoms with Crippen LogP contribution in [0.3, 0.4) is 0 Å². The summed E-state index contributed by atoms with van der Waals surface area (Å²) in [6.45, 7) is 7.07. The average Bonchev–Trinajstić information content (AvgIpc) is 2.55. The van der Waals surface area contributed by atoms with Gasteiger partial charge in [-0.1, -0.05) is 13.3 Å². The average molecular weight is 339 g/mol. The van der Waals surface area contributed by atoms with Gasteiger partial charge >= 0.3 is 0 Å². The third-order valence-corrected chi connectivity index (χ3v) is 3.18. The van der Waals surface area contributed by atoms with Crippen molar-refractivity contribution < 1.29 is 14.3 Å². The molecule has 1 atom stereocenters. The predicted octanol–water partition coefficient (Wildman–Crippen LogP) is 2.15. The Morgan fingerprint density at radius 3 is 2.43 bits per heavy atom. The first-order valence-corrected chi connectivity index (χ1v) is 8.20. The van der Waals surface area contributed by atoms with Crippen LogP contribution in [0.15, 0.2) is 24.3 Å². The van der Waals surface area contributed by atoms with E-state index in [-0.39, 0.29) is 5.91 Å². The van der Waals surface area contributed by atoms with Gasteiger partial charge in [0.1, 0.15) is 11.5 Å². The molecule has 3 N–H and O–H groups in total. The molecular formula is C16H25N3O3S. The standard InChI is InChI=1S/C16H25N3O3S/c1-4-6-11-17-16(23)19-18-15(20)12(3)22-14-9-7-13(8-10-14)21-5-2/h7-10,12H,4-6,11H2,1-3H3,(H,18,20)(H2,17,19,23)/t12-/m1/s1. The minimum absolute atomic E-state index is 0.307. The van der Waals surface area contributed by atoms with E-state index in [1.54, 1.807) is 31.2 Å². The lowest BCUT2D eigenvalue weighted by Gasteiger charge is -2.16. The van der Waals surface area contributed by atoms with E-state index in [0.717, 1.165) is 25.1 Å². The van der Waals surface area contributed by atoms with Gasteiger partial charge in [0.05, 0.1) is 6.61 Å². The third kappa shape index (κ3) is 7.69. The number of hydrazine groups is 1. The Kier molecular flexibility index (Phi) is 8.82. The van der Waals surface area contributed by atoms with Gasteiger partial charge in [0.15, 0.2) is 11.2 Å². The van der Waals surface area contributed by atoms with E-state index in [2.05, 4.69) is 23.1 Å². The van der Waals surface area contributed by atoms with Gasteiger partial charge in [-0.25, -0.2) is 0 Å². The number of carbonyl (C=O) groups excluding carboxylic acids is 1. The normalized spacial score (nSPS) is 11.3. The Bertz CT molecular complexity index is 494. The number of rotatable bonds is 8. The molecule has 1 aromatic carbocycles. The lowest BCUT2D eigenvalue weighted by Crippen LogP contribution is -2.50.